The van der Waals surface area contributed by atoms with Crippen LogP contribution in [-0.2, 0) is 0 Å². The van der Waals surface area contributed by atoms with Crippen LogP contribution in [0.5, 0.6) is 0 Å². The summed E-state index contributed by atoms with van der Waals surface area (Å²) in [5.74, 6) is 0. The molecule has 0 saturated carbocycles. The van der Waals surface area contributed by atoms with E-state index in [1.54, 1.807) is 33.4 Å². The first kappa shape index (κ1) is 10.6. The molecule has 4 aliphatic carbocycles. The molecule has 0 fully saturated rings. The third-order valence-corrected chi connectivity index (χ3v) is 5.00. The summed E-state index contributed by atoms with van der Waals surface area (Å²) in [5, 5.41) is 0. The lowest BCUT2D eigenvalue weighted by atomic mass is 9.72. The molecule has 0 heterocycles. The lowest BCUT2D eigenvalue weighted by Crippen LogP contribution is -2.14. The molecule has 0 atom stereocenters. The van der Waals surface area contributed by atoms with Crippen LogP contribution in [0.2, 0.25) is 0 Å². The Morgan fingerprint density at radius 1 is 0.389 bits per heavy atom. The van der Waals surface area contributed by atoms with Gasteiger partial charge in [-0.3, -0.25) is 0 Å². The van der Waals surface area contributed by atoms with Crippen molar-refractivity contribution in [2.75, 3.05) is 0 Å². The summed E-state index contributed by atoms with van der Waals surface area (Å²) in [6.45, 7) is 0. The van der Waals surface area contributed by atoms with Gasteiger partial charge in [-0.2, -0.15) is 0 Å². The normalized spacial score (nSPS) is 26.2. The number of hydrogen-bond acceptors (Lipinski definition) is 0. The van der Waals surface area contributed by atoms with E-state index in [0.717, 1.165) is 0 Å². The number of hydrogen-bond donors (Lipinski definition) is 0. The van der Waals surface area contributed by atoms with Crippen LogP contribution in [-0.4, -0.2) is 0 Å². The van der Waals surface area contributed by atoms with Crippen LogP contribution in [0.4, 0.5) is 0 Å². The van der Waals surface area contributed by atoms with Crippen LogP contribution >= 0.6 is 0 Å². The summed E-state index contributed by atoms with van der Waals surface area (Å²) in [4.78, 5) is 0. The highest BCUT2D eigenvalue weighted by Crippen LogP contribution is 2.45. The van der Waals surface area contributed by atoms with Gasteiger partial charge in [0, 0.05) is 0 Å². The molecule has 0 aromatic heterocycles. The van der Waals surface area contributed by atoms with Gasteiger partial charge in [0.1, 0.15) is 0 Å². The van der Waals surface area contributed by atoms with Crippen molar-refractivity contribution in [1.29, 1.82) is 0 Å². The summed E-state index contributed by atoms with van der Waals surface area (Å²) < 4.78 is 0. The molecule has 0 aromatic rings. The molecule has 4 rings (SSSR count). The van der Waals surface area contributed by atoms with E-state index in [9.17, 15) is 0 Å². The van der Waals surface area contributed by atoms with Crippen LogP contribution in [0.1, 0.15) is 51.4 Å². The summed E-state index contributed by atoms with van der Waals surface area (Å²) >= 11 is 0. The monoisotopic (exact) mass is 236 g/mol. The van der Waals surface area contributed by atoms with Crippen molar-refractivity contribution < 1.29 is 0 Å². The van der Waals surface area contributed by atoms with Gasteiger partial charge in [-0.1, -0.05) is 57.7 Å². The van der Waals surface area contributed by atoms with Gasteiger partial charge in [0.15, 0.2) is 0 Å². The lowest BCUT2D eigenvalue weighted by Gasteiger charge is -2.33. The average Bonchev–Trinajstić information content (AvgIpc) is 2.42. The number of rotatable bonds is 0. The first-order chi connectivity index (χ1) is 8.90. The predicted molar refractivity (Wildman–Crippen MR) is 76.3 cm³/mol. The van der Waals surface area contributed by atoms with Crippen LogP contribution in [0.15, 0.2) is 57.7 Å². The van der Waals surface area contributed by atoms with Crippen molar-refractivity contribution in [2.24, 2.45) is 0 Å². The van der Waals surface area contributed by atoms with E-state index in [4.69, 9.17) is 0 Å². The minimum atomic E-state index is 1.22. The SMILES string of the molecule is C1=CCC2=C(C1)CC1=C(C2)CC2=C(CC=CC2)C1. The van der Waals surface area contributed by atoms with Crippen molar-refractivity contribution in [1.82, 2.24) is 0 Å². The summed E-state index contributed by atoms with van der Waals surface area (Å²) in [5.41, 5.74) is 10.5. The van der Waals surface area contributed by atoms with Crippen molar-refractivity contribution in [3.8, 4) is 0 Å². The van der Waals surface area contributed by atoms with E-state index in [1.165, 1.54) is 51.4 Å². The predicted octanol–water partition coefficient (Wildman–Crippen LogP) is 5.16. The smallest absolute Gasteiger partial charge is 0.00963 e. The Labute approximate surface area is 109 Å². The standard InChI is InChI=1S/C18H20/c1-2-6-14-10-18-12-16-8-4-3-7-15(16)11-17(18)9-13(14)5-1/h1-4H,5-12H2. The van der Waals surface area contributed by atoms with E-state index in [-0.39, 0.29) is 0 Å². The Bertz CT molecular complexity index is 453. The molecule has 92 valence electrons. The maximum absolute atomic E-state index is 2.36. The van der Waals surface area contributed by atoms with Crippen LogP contribution in [0, 0.1) is 0 Å². The molecule has 0 nitrogen and oxygen atoms in total. The molecule has 0 N–H and O–H groups in total. The maximum atomic E-state index is 2.36. The van der Waals surface area contributed by atoms with E-state index < -0.39 is 0 Å². The Morgan fingerprint density at radius 3 is 0.944 bits per heavy atom. The average molecular weight is 236 g/mol. The third kappa shape index (κ3) is 1.67. The lowest BCUT2D eigenvalue weighted by molar-refractivity contribution is 0.748. The van der Waals surface area contributed by atoms with Gasteiger partial charge >= 0.3 is 0 Å². The van der Waals surface area contributed by atoms with Crippen molar-refractivity contribution in [3.05, 3.63) is 57.7 Å². The second-order valence-electron chi connectivity index (χ2n) is 6.09. The Morgan fingerprint density at radius 2 is 0.667 bits per heavy atom. The largest absolute Gasteiger partial charge is 0.0841 e. The van der Waals surface area contributed by atoms with Gasteiger partial charge < -0.3 is 0 Å². The molecule has 0 aliphatic heterocycles. The van der Waals surface area contributed by atoms with Crippen molar-refractivity contribution in [3.63, 3.8) is 0 Å². The van der Waals surface area contributed by atoms with Gasteiger partial charge in [0.25, 0.3) is 0 Å². The van der Waals surface area contributed by atoms with Crippen LogP contribution in [0.25, 0.3) is 0 Å². The highest BCUT2D eigenvalue weighted by atomic mass is 14.3. The first-order valence-corrected chi connectivity index (χ1v) is 7.29. The fourth-order valence-electron chi connectivity index (χ4n) is 3.92. The first-order valence-electron chi connectivity index (χ1n) is 7.29. The Hall–Kier alpha value is -1.30. The van der Waals surface area contributed by atoms with E-state index in [1.807, 2.05) is 0 Å². The minimum Gasteiger partial charge on any atom is -0.0841 e. The third-order valence-electron chi connectivity index (χ3n) is 5.00. The fourth-order valence-corrected chi connectivity index (χ4v) is 3.92. The molecule has 0 heteroatoms. The van der Waals surface area contributed by atoms with Gasteiger partial charge in [0.2, 0.25) is 0 Å². The maximum Gasteiger partial charge on any atom is -0.00963 e. The fraction of sp³-hybridized carbons (Fsp3) is 0.444. The van der Waals surface area contributed by atoms with E-state index in [0.29, 0.717) is 0 Å². The zero-order chi connectivity index (χ0) is 11.9. The zero-order valence-corrected chi connectivity index (χ0v) is 11.0. The van der Waals surface area contributed by atoms with Gasteiger partial charge in [-0.25, -0.2) is 0 Å². The Balaban J connectivity index is 1.59. The molecular formula is C18H20. The molecule has 0 saturated heterocycles. The number of allylic oxidation sites excluding steroid dienone is 10. The molecule has 0 amide bonds. The van der Waals surface area contributed by atoms with Crippen LogP contribution in [0.3, 0.4) is 0 Å². The van der Waals surface area contributed by atoms with Crippen molar-refractivity contribution in [2.45, 2.75) is 51.4 Å². The zero-order valence-electron chi connectivity index (χ0n) is 11.0. The quantitative estimate of drug-likeness (QED) is 0.509. The van der Waals surface area contributed by atoms with Crippen molar-refractivity contribution >= 4 is 0 Å². The highest BCUT2D eigenvalue weighted by molar-refractivity contribution is 5.46. The topological polar surface area (TPSA) is 0 Å². The van der Waals surface area contributed by atoms with Gasteiger partial charge in [0.05, 0.1) is 0 Å². The summed E-state index contributed by atoms with van der Waals surface area (Å²) in [6.07, 6.45) is 19.5. The minimum absolute atomic E-state index is 1.22. The molecule has 4 aliphatic rings. The van der Waals surface area contributed by atoms with Gasteiger partial charge in [-0.05, 0) is 51.4 Å². The van der Waals surface area contributed by atoms with Gasteiger partial charge in [-0.15, -0.1) is 0 Å². The molecule has 0 unspecified atom stereocenters. The molecule has 0 radical (unpaired) electrons. The van der Waals surface area contributed by atoms with E-state index in [2.05, 4.69) is 24.3 Å². The molecule has 18 heavy (non-hydrogen) atoms. The molecular weight excluding hydrogens is 216 g/mol. The molecule has 0 spiro atoms. The molecule has 0 aromatic carbocycles. The van der Waals surface area contributed by atoms with E-state index >= 15 is 0 Å². The second-order valence-corrected chi connectivity index (χ2v) is 6.09. The van der Waals surface area contributed by atoms with Crippen LogP contribution < -0.4 is 0 Å². The summed E-state index contributed by atoms with van der Waals surface area (Å²) in [7, 11) is 0. The summed E-state index contributed by atoms with van der Waals surface area (Å²) in [6, 6.07) is 0. The second kappa shape index (κ2) is 4.12. The highest BCUT2D eigenvalue weighted by Gasteiger charge is 2.26. The molecule has 0 bridgehead atoms. The Kier molecular flexibility index (Phi) is 2.43.